The highest BCUT2D eigenvalue weighted by molar-refractivity contribution is 5.76. The highest BCUT2D eigenvalue weighted by atomic mass is 16.2. The fourth-order valence-corrected chi connectivity index (χ4v) is 6.20. The van der Waals surface area contributed by atoms with E-state index >= 15 is 0 Å². The molecule has 0 radical (unpaired) electrons. The lowest BCUT2D eigenvalue weighted by Gasteiger charge is -2.39. The molecule has 0 bridgehead atoms. The minimum Gasteiger partial charge on any atom is -0.369 e. The number of nitrogens with zero attached hydrogens (tertiary/aromatic N) is 3. The molecular weight excluding hydrogens is 430 g/mol. The Morgan fingerprint density at radius 2 is 1.63 bits per heavy atom. The summed E-state index contributed by atoms with van der Waals surface area (Å²) in [5, 5.41) is 0. The predicted octanol–water partition coefficient (Wildman–Crippen LogP) is 6.73. The fraction of sp³-hybridized carbons (Fsp3) is 0.774. The highest BCUT2D eigenvalue weighted by Crippen LogP contribution is 2.44. The molecule has 0 atom stereocenters. The number of amides is 1. The van der Waals surface area contributed by atoms with E-state index in [1.165, 1.54) is 61.9 Å². The molecule has 1 amide bonds. The van der Waals surface area contributed by atoms with E-state index in [1.54, 1.807) is 0 Å². The summed E-state index contributed by atoms with van der Waals surface area (Å²) in [5.74, 6) is 1.82. The molecule has 198 valence electrons. The normalized spacial score (nSPS) is 21.8. The monoisotopic (exact) mass is 483 g/mol. The molecule has 0 aromatic heterocycles. The minimum absolute atomic E-state index is 0.287. The zero-order chi connectivity index (χ0) is 25.4. The van der Waals surface area contributed by atoms with Gasteiger partial charge in [-0.05, 0) is 93.4 Å². The Bertz CT molecular complexity index is 779. The molecule has 2 aliphatic rings. The number of rotatable bonds is 10. The Balaban J connectivity index is 1.74. The molecular formula is C31H53N3O. The second-order valence-corrected chi connectivity index (χ2v) is 12.1. The van der Waals surface area contributed by atoms with Gasteiger partial charge in [-0.1, -0.05) is 46.2 Å². The molecule has 1 saturated carbocycles. The van der Waals surface area contributed by atoms with Gasteiger partial charge in [-0.15, -0.1) is 0 Å². The lowest BCUT2D eigenvalue weighted by molar-refractivity contribution is -0.130. The molecule has 1 aliphatic heterocycles. The van der Waals surface area contributed by atoms with Crippen molar-refractivity contribution in [1.29, 1.82) is 0 Å². The van der Waals surface area contributed by atoms with Crippen molar-refractivity contribution in [1.82, 2.24) is 9.80 Å². The van der Waals surface area contributed by atoms with Crippen LogP contribution in [-0.4, -0.2) is 61.5 Å². The van der Waals surface area contributed by atoms with E-state index in [1.807, 2.05) is 4.90 Å². The molecule has 3 rings (SSSR count). The van der Waals surface area contributed by atoms with Crippen LogP contribution in [0.4, 0.5) is 5.69 Å². The van der Waals surface area contributed by atoms with Gasteiger partial charge in [-0.2, -0.15) is 0 Å². The van der Waals surface area contributed by atoms with Gasteiger partial charge in [-0.25, -0.2) is 0 Å². The predicted molar refractivity (Wildman–Crippen MR) is 150 cm³/mol. The summed E-state index contributed by atoms with van der Waals surface area (Å²) in [6.07, 6.45) is 9.34. The van der Waals surface area contributed by atoms with Gasteiger partial charge in [-0.3, -0.25) is 9.69 Å². The van der Waals surface area contributed by atoms with Crippen LogP contribution in [-0.2, 0) is 11.2 Å². The summed E-state index contributed by atoms with van der Waals surface area (Å²) in [7, 11) is 0. The SMILES string of the molecule is CCCCN1CCN(c2cc(C3CCC(C(C)(C)C)CC3)ccc2CCC(=O)N(CC)CC)CC1. The standard InChI is InChI=1S/C31H53N3O/c1-7-10-19-32-20-22-34(23-21-32)29-24-27(25-13-16-28(17-14-25)31(4,5)6)12-11-26(29)15-18-30(35)33(8-2)9-3/h11-12,24-25,28H,7-10,13-23H2,1-6H3. The van der Waals surface area contributed by atoms with Crippen LogP contribution >= 0.6 is 0 Å². The Morgan fingerprint density at radius 3 is 2.20 bits per heavy atom. The van der Waals surface area contributed by atoms with E-state index in [0.29, 0.717) is 17.8 Å². The molecule has 0 spiro atoms. The summed E-state index contributed by atoms with van der Waals surface area (Å²) in [4.78, 5) is 19.9. The second kappa shape index (κ2) is 13.1. The zero-order valence-electron chi connectivity index (χ0n) is 23.7. The highest BCUT2D eigenvalue weighted by Gasteiger charge is 2.31. The maximum Gasteiger partial charge on any atom is 0.222 e. The molecule has 4 heteroatoms. The van der Waals surface area contributed by atoms with Gasteiger partial charge in [0.05, 0.1) is 0 Å². The van der Waals surface area contributed by atoms with Gasteiger partial charge in [0.2, 0.25) is 5.91 Å². The first-order valence-electron chi connectivity index (χ1n) is 14.6. The van der Waals surface area contributed by atoms with E-state index in [4.69, 9.17) is 0 Å². The van der Waals surface area contributed by atoms with Crippen molar-refractivity contribution in [2.45, 2.75) is 98.8 Å². The molecule has 1 aliphatic carbocycles. The molecule has 1 heterocycles. The van der Waals surface area contributed by atoms with E-state index in [0.717, 1.165) is 51.6 Å². The van der Waals surface area contributed by atoms with E-state index < -0.39 is 0 Å². The Kier molecular flexibility index (Phi) is 10.5. The Labute approximate surface area is 216 Å². The molecule has 1 aromatic carbocycles. The van der Waals surface area contributed by atoms with Crippen molar-refractivity contribution in [3.63, 3.8) is 0 Å². The van der Waals surface area contributed by atoms with Gasteiger partial charge < -0.3 is 9.80 Å². The number of anilines is 1. The third kappa shape index (κ3) is 7.71. The molecule has 4 nitrogen and oxygen atoms in total. The Morgan fingerprint density at radius 1 is 0.971 bits per heavy atom. The van der Waals surface area contributed by atoms with Gasteiger partial charge in [0.25, 0.3) is 0 Å². The third-order valence-corrected chi connectivity index (χ3v) is 8.80. The maximum atomic E-state index is 12.7. The first kappa shape index (κ1) is 28.0. The van der Waals surface area contributed by atoms with Gasteiger partial charge in [0.15, 0.2) is 0 Å². The minimum atomic E-state index is 0.287. The number of hydrogen-bond acceptors (Lipinski definition) is 3. The van der Waals surface area contributed by atoms with Crippen LogP contribution < -0.4 is 4.90 Å². The van der Waals surface area contributed by atoms with E-state index in [9.17, 15) is 4.79 Å². The van der Waals surface area contributed by atoms with Crippen LogP contribution in [0.2, 0.25) is 0 Å². The van der Waals surface area contributed by atoms with Crippen LogP contribution in [0.1, 0.15) is 104 Å². The van der Waals surface area contributed by atoms with Gasteiger partial charge >= 0.3 is 0 Å². The third-order valence-electron chi connectivity index (χ3n) is 8.80. The van der Waals surface area contributed by atoms with Crippen molar-refractivity contribution in [2.24, 2.45) is 11.3 Å². The summed E-state index contributed by atoms with van der Waals surface area (Å²) in [6, 6.07) is 7.26. The van der Waals surface area contributed by atoms with Crippen LogP contribution in [0.5, 0.6) is 0 Å². The van der Waals surface area contributed by atoms with Crippen LogP contribution in [0.15, 0.2) is 18.2 Å². The molecule has 0 unspecified atom stereocenters. The molecule has 2 fully saturated rings. The lowest BCUT2D eigenvalue weighted by atomic mass is 9.68. The van der Waals surface area contributed by atoms with Crippen molar-refractivity contribution < 1.29 is 4.79 Å². The number of benzene rings is 1. The van der Waals surface area contributed by atoms with E-state index in [2.05, 4.69) is 69.5 Å². The van der Waals surface area contributed by atoms with Gasteiger partial charge in [0.1, 0.15) is 0 Å². The summed E-state index contributed by atoms with van der Waals surface area (Å²) in [6.45, 7) is 21.0. The second-order valence-electron chi connectivity index (χ2n) is 12.1. The van der Waals surface area contributed by atoms with Crippen molar-refractivity contribution in [3.05, 3.63) is 29.3 Å². The average molecular weight is 484 g/mol. The van der Waals surface area contributed by atoms with E-state index in [-0.39, 0.29) is 5.91 Å². The lowest BCUT2D eigenvalue weighted by Crippen LogP contribution is -2.47. The number of aryl methyl sites for hydroxylation is 1. The molecule has 1 saturated heterocycles. The summed E-state index contributed by atoms with van der Waals surface area (Å²) < 4.78 is 0. The quantitative estimate of drug-likeness (QED) is 0.369. The smallest absolute Gasteiger partial charge is 0.222 e. The average Bonchev–Trinajstić information content (AvgIpc) is 2.87. The molecule has 0 N–H and O–H groups in total. The number of carbonyl (C=O) groups is 1. The van der Waals surface area contributed by atoms with Gasteiger partial charge in [0, 0.05) is 51.4 Å². The van der Waals surface area contributed by atoms with Crippen LogP contribution in [0.25, 0.3) is 0 Å². The Hall–Kier alpha value is -1.55. The molecule has 1 aromatic rings. The number of carbonyl (C=O) groups excluding carboxylic acids is 1. The zero-order valence-corrected chi connectivity index (χ0v) is 23.7. The van der Waals surface area contributed by atoms with Crippen molar-refractivity contribution in [3.8, 4) is 0 Å². The fourth-order valence-electron chi connectivity index (χ4n) is 6.20. The largest absolute Gasteiger partial charge is 0.369 e. The number of hydrogen-bond donors (Lipinski definition) is 0. The first-order chi connectivity index (χ1) is 16.8. The summed E-state index contributed by atoms with van der Waals surface area (Å²) in [5.41, 5.74) is 4.72. The number of piperazine rings is 1. The first-order valence-corrected chi connectivity index (χ1v) is 14.6. The molecule has 35 heavy (non-hydrogen) atoms. The number of unbranched alkanes of at least 4 members (excludes halogenated alkanes) is 1. The van der Waals surface area contributed by atoms with Crippen molar-refractivity contribution >= 4 is 11.6 Å². The summed E-state index contributed by atoms with van der Waals surface area (Å²) >= 11 is 0. The van der Waals surface area contributed by atoms with Crippen LogP contribution in [0.3, 0.4) is 0 Å². The van der Waals surface area contributed by atoms with Crippen LogP contribution in [0, 0.1) is 11.3 Å². The maximum absolute atomic E-state index is 12.7. The van der Waals surface area contributed by atoms with Crippen molar-refractivity contribution in [2.75, 3.05) is 50.7 Å². The topological polar surface area (TPSA) is 26.8 Å².